The highest BCUT2D eigenvalue weighted by Crippen LogP contribution is 2.18. The third-order valence-corrected chi connectivity index (χ3v) is 2.25. The molecule has 2 atom stereocenters. The number of carboxylic acid groups (broad SMARTS) is 1. The number of hydrogen-bond acceptors (Lipinski definition) is 4. The molecule has 0 aliphatic carbocycles. The minimum atomic E-state index is -0.984. The highest BCUT2D eigenvalue weighted by Gasteiger charge is 2.24. The molecule has 0 saturated carbocycles. The Morgan fingerprint density at radius 2 is 2.43 bits per heavy atom. The molecule has 0 bridgehead atoms. The van der Waals surface area contributed by atoms with E-state index < -0.39 is 5.97 Å². The van der Waals surface area contributed by atoms with Crippen molar-refractivity contribution in [2.75, 3.05) is 0 Å². The van der Waals surface area contributed by atoms with Gasteiger partial charge in [0.05, 0.1) is 12.2 Å². The summed E-state index contributed by atoms with van der Waals surface area (Å²) in [7, 11) is 0. The molecule has 1 aliphatic rings. The molecule has 0 aromatic carbocycles. The Kier molecular flexibility index (Phi) is 2.22. The van der Waals surface area contributed by atoms with Gasteiger partial charge in [-0.2, -0.15) is 0 Å². The van der Waals surface area contributed by atoms with E-state index in [0.29, 0.717) is 11.9 Å². The molecule has 2 unspecified atom stereocenters. The predicted molar refractivity (Wildman–Crippen MR) is 48.6 cm³/mol. The number of carbonyl (C=O) groups is 1. The van der Waals surface area contributed by atoms with E-state index in [0.717, 1.165) is 6.42 Å². The molecule has 6 heteroatoms. The third-order valence-electron chi connectivity index (χ3n) is 2.25. The van der Waals surface area contributed by atoms with Crippen LogP contribution in [0, 0.1) is 0 Å². The lowest BCUT2D eigenvalue weighted by molar-refractivity contribution is 0.0691. The van der Waals surface area contributed by atoms with Gasteiger partial charge in [-0.25, -0.2) is 15.2 Å². The fourth-order valence-corrected chi connectivity index (χ4v) is 1.52. The molecule has 0 amide bonds. The second-order valence-electron chi connectivity index (χ2n) is 3.47. The Morgan fingerprint density at radius 3 is 2.93 bits per heavy atom. The van der Waals surface area contributed by atoms with Crippen molar-refractivity contribution >= 4 is 5.97 Å². The van der Waals surface area contributed by atoms with E-state index in [1.54, 1.807) is 0 Å². The summed E-state index contributed by atoms with van der Waals surface area (Å²) in [6.07, 6.45) is 2.23. The Labute approximate surface area is 80.7 Å². The molecule has 1 aliphatic heterocycles. The minimum Gasteiger partial charge on any atom is -0.477 e. The van der Waals surface area contributed by atoms with Gasteiger partial charge in [0.2, 0.25) is 0 Å². The molecule has 2 heterocycles. The smallest absolute Gasteiger partial charge is 0.353 e. The molecule has 14 heavy (non-hydrogen) atoms. The summed E-state index contributed by atoms with van der Waals surface area (Å²) in [6.45, 7) is 2.05. The van der Waals surface area contributed by atoms with Crippen LogP contribution in [0.4, 0.5) is 0 Å². The molecule has 1 aromatic heterocycles. The summed E-state index contributed by atoms with van der Waals surface area (Å²) in [6, 6.07) is 0.441. The molecule has 1 fully saturated rings. The number of hydrogen-bond donors (Lipinski definition) is 4. The van der Waals surface area contributed by atoms with E-state index in [9.17, 15) is 4.79 Å². The van der Waals surface area contributed by atoms with E-state index >= 15 is 0 Å². The van der Waals surface area contributed by atoms with E-state index in [1.807, 2.05) is 6.92 Å². The first-order chi connectivity index (χ1) is 6.66. The lowest BCUT2D eigenvalue weighted by Crippen LogP contribution is -2.29. The molecule has 1 aromatic rings. The number of aromatic carboxylic acids is 1. The van der Waals surface area contributed by atoms with Crippen LogP contribution in [0.3, 0.4) is 0 Å². The topological polar surface area (TPSA) is 90.0 Å². The van der Waals surface area contributed by atoms with Gasteiger partial charge in [-0.1, -0.05) is 0 Å². The number of aromatic amines is 1. The molecular weight excluding hydrogens is 184 g/mol. The van der Waals surface area contributed by atoms with Crippen molar-refractivity contribution in [3.05, 3.63) is 17.7 Å². The summed E-state index contributed by atoms with van der Waals surface area (Å²) < 4.78 is 0. The van der Waals surface area contributed by atoms with Crippen molar-refractivity contribution in [1.82, 2.24) is 20.8 Å². The van der Waals surface area contributed by atoms with E-state index in [4.69, 9.17) is 5.11 Å². The van der Waals surface area contributed by atoms with Crippen LogP contribution in [0.1, 0.15) is 35.7 Å². The monoisotopic (exact) mass is 196 g/mol. The summed E-state index contributed by atoms with van der Waals surface area (Å²) in [4.78, 5) is 17.4. The van der Waals surface area contributed by atoms with Gasteiger partial charge in [0.15, 0.2) is 0 Å². The van der Waals surface area contributed by atoms with E-state index in [-0.39, 0.29) is 11.7 Å². The van der Waals surface area contributed by atoms with Crippen LogP contribution in [-0.4, -0.2) is 27.1 Å². The Balaban J connectivity index is 2.13. The van der Waals surface area contributed by atoms with Gasteiger partial charge in [-0.15, -0.1) is 0 Å². The molecular formula is C8H12N4O2. The second kappa shape index (κ2) is 3.39. The standard InChI is InChI=1S/C8H12N4O2/c1-4-2-5(12-11-4)7-9-3-6(10-7)8(13)14/h3-5,11-12H,2H2,1H3,(H,9,10)(H,13,14). The molecule has 1 saturated heterocycles. The van der Waals surface area contributed by atoms with Crippen molar-refractivity contribution in [2.24, 2.45) is 0 Å². The average Bonchev–Trinajstić information content (AvgIpc) is 2.70. The minimum absolute atomic E-state index is 0.0677. The van der Waals surface area contributed by atoms with Gasteiger partial charge < -0.3 is 10.1 Å². The fraction of sp³-hybridized carbons (Fsp3) is 0.500. The SMILES string of the molecule is CC1CC(c2ncc(C(=O)O)[nH]2)NN1. The molecule has 0 spiro atoms. The number of rotatable bonds is 2. The normalized spacial score (nSPS) is 26.6. The zero-order chi connectivity index (χ0) is 10.1. The van der Waals surface area contributed by atoms with Gasteiger partial charge in [0.1, 0.15) is 11.5 Å². The zero-order valence-corrected chi connectivity index (χ0v) is 7.74. The van der Waals surface area contributed by atoms with E-state index in [1.165, 1.54) is 6.20 Å². The Hall–Kier alpha value is -1.40. The van der Waals surface area contributed by atoms with Gasteiger partial charge in [-0.3, -0.25) is 5.43 Å². The van der Waals surface area contributed by atoms with Crippen LogP contribution in [0.25, 0.3) is 0 Å². The largest absolute Gasteiger partial charge is 0.477 e. The first-order valence-electron chi connectivity index (χ1n) is 4.46. The van der Waals surface area contributed by atoms with Crippen molar-refractivity contribution in [2.45, 2.75) is 25.4 Å². The van der Waals surface area contributed by atoms with Crippen molar-refractivity contribution in [1.29, 1.82) is 0 Å². The number of carboxylic acids is 1. The van der Waals surface area contributed by atoms with Crippen molar-refractivity contribution in [3.8, 4) is 0 Å². The molecule has 76 valence electrons. The van der Waals surface area contributed by atoms with Crippen LogP contribution < -0.4 is 10.9 Å². The third kappa shape index (κ3) is 1.61. The highest BCUT2D eigenvalue weighted by atomic mass is 16.4. The number of imidazole rings is 1. The van der Waals surface area contributed by atoms with Crippen molar-refractivity contribution in [3.63, 3.8) is 0 Å². The molecule has 4 N–H and O–H groups in total. The van der Waals surface area contributed by atoms with Crippen LogP contribution in [0.5, 0.6) is 0 Å². The van der Waals surface area contributed by atoms with Gasteiger partial charge in [-0.05, 0) is 13.3 Å². The average molecular weight is 196 g/mol. The maximum Gasteiger partial charge on any atom is 0.353 e. The van der Waals surface area contributed by atoms with Crippen LogP contribution in [0.2, 0.25) is 0 Å². The highest BCUT2D eigenvalue weighted by molar-refractivity contribution is 5.85. The second-order valence-corrected chi connectivity index (χ2v) is 3.47. The first-order valence-corrected chi connectivity index (χ1v) is 4.46. The summed E-state index contributed by atoms with van der Waals surface area (Å²) in [5.41, 5.74) is 6.21. The van der Waals surface area contributed by atoms with Gasteiger partial charge >= 0.3 is 5.97 Å². The van der Waals surface area contributed by atoms with Crippen LogP contribution in [0.15, 0.2) is 6.20 Å². The summed E-state index contributed by atoms with van der Waals surface area (Å²) in [5, 5.41) is 8.69. The molecule has 0 radical (unpaired) electrons. The van der Waals surface area contributed by atoms with Gasteiger partial charge in [0, 0.05) is 6.04 Å². The number of H-pyrrole nitrogens is 1. The Bertz CT molecular complexity index is 349. The lowest BCUT2D eigenvalue weighted by atomic mass is 10.1. The maximum absolute atomic E-state index is 10.6. The fourth-order valence-electron chi connectivity index (χ4n) is 1.52. The molecule has 6 nitrogen and oxygen atoms in total. The first kappa shape index (κ1) is 9.17. The number of nitrogens with zero attached hydrogens (tertiary/aromatic N) is 1. The molecule has 2 rings (SSSR count). The van der Waals surface area contributed by atoms with E-state index in [2.05, 4.69) is 20.8 Å². The van der Waals surface area contributed by atoms with Crippen molar-refractivity contribution < 1.29 is 9.90 Å². The quantitative estimate of drug-likeness (QED) is 0.536. The maximum atomic E-state index is 10.6. The van der Waals surface area contributed by atoms with Crippen LogP contribution in [-0.2, 0) is 0 Å². The van der Waals surface area contributed by atoms with Gasteiger partial charge in [0.25, 0.3) is 0 Å². The number of nitrogens with one attached hydrogen (secondary N) is 3. The summed E-state index contributed by atoms with van der Waals surface area (Å²) >= 11 is 0. The lowest BCUT2D eigenvalue weighted by Gasteiger charge is -2.03. The number of aromatic nitrogens is 2. The summed E-state index contributed by atoms with van der Waals surface area (Å²) in [5.74, 6) is -0.318. The van der Waals surface area contributed by atoms with Crippen LogP contribution >= 0.6 is 0 Å². The number of hydrazine groups is 1. The predicted octanol–water partition coefficient (Wildman–Crippen LogP) is 0.0354. The zero-order valence-electron chi connectivity index (χ0n) is 7.74. The Morgan fingerprint density at radius 1 is 1.64 bits per heavy atom.